The average molecular weight is 393 g/mol. The van der Waals surface area contributed by atoms with Gasteiger partial charge < -0.3 is 9.47 Å². The minimum atomic E-state index is -3.24. The number of nitrogens with one attached hydrogen (secondary N) is 1. The van der Waals surface area contributed by atoms with Crippen LogP contribution in [0.3, 0.4) is 0 Å². The van der Waals surface area contributed by atoms with Crippen LogP contribution in [0.25, 0.3) is 5.69 Å². The lowest BCUT2D eigenvalue weighted by Crippen LogP contribution is -2.46. The summed E-state index contributed by atoms with van der Waals surface area (Å²) >= 11 is 0. The van der Waals surface area contributed by atoms with E-state index in [1.165, 1.54) is 12.1 Å². The van der Waals surface area contributed by atoms with E-state index >= 15 is 0 Å². The number of carbonyl (C=O) groups excluding carboxylic acids is 1. The third-order valence-electron chi connectivity index (χ3n) is 4.91. The van der Waals surface area contributed by atoms with Crippen LogP contribution in [0.1, 0.15) is 34.6 Å². The van der Waals surface area contributed by atoms with Crippen molar-refractivity contribution in [3.63, 3.8) is 0 Å². The summed E-state index contributed by atoms with van der Waals surface area (Å²) in [4.78, 5) is 14.7. The molecule has 0 bridgehead atoms. The number of sulfonamides is 1. The number of amides is 1. The van der Waals surface area contributed by atoms with Crippen molar-refractivity contribution in [2.75, 3.05) is 19.3 Å². The highest BCUT2D eigenvalue weighted by Crippen LogP contribution is 2.23. The quantitative estimate of drug-likeness (QED) is 0.867. The first kappa shape index (κ1) is 19.6. The molecule has 1 saturated heterocycles. The molecule has 1 fully saturated rings. The van der Waals surface area contributed by atoms with Gasteiger partial charge in [-0.1, -0.05) is 0 Å². The Labute approximate surface area is 159 Å². The maximum atomic E-state index is 13.2. The molecule has 0 unspecified atom stereocenters. The smallest absolute Gasteiger partial charge is 0.255 e. The van der Waals surface area contributed by atoms with Gasteiger partial charge in [-0.25, -0.2) is 17.5 Å². The molecule has 1 aliphatic heterocycles. The van der Waals surface area contributed by atoms with Crippen LogP contribution in [-0.2, 0) is 10.0 Å². The summed E-state index contributed by atoms with van der Waals surface area (Å²) in [5.74, 6) is -0.364. The van der Waals surface area contributed by atoms with Crippen LogP contribution in [0.2, 0.25) is 0 Å². The molecule has 6 nitrogen and oxygen atoms in total. The molecule has 3 rings (SSSR count). The summed E-state index contributed by atoms with van der Waals surface area (Å²) in [5, 5.41) is 0. The van der Waals surface area contributed by atoms with E-state index in [9.17, 15) is 17.6 Å². The lowest BCUT2D eigenvalue weighted by molar-refractivity contribution is 0.0710. The number of nitrogens with zero attached hydrogens (tertiary/aromatic N) is 2. The summed E-state index contributed by atoms with van der Waals surface area (Å²) in [6.45, 7) is 4.80. The number of aryl methyl sites for hydroxylation is 1. The number of hydrogen-bond acceptors (Lipinski definition) is 3. The molecule has 27 heavy (non-hydrogen) atoms. The van der Waals surface area contributed by atoms with Gasteiger partial charge in [0.2, 0.25) is 10.0 Å². The number of carbonyl (C=O) groups is 1. The van der Waals surface area contributed by atoms with Crippen molar-refractivity contribution >= 4 is 15.9 Å². The van der Waals surface area contributed by atoms with Crippen LogP contribution in [-0.4, -0.2) is 49.2 Å². The van der Waals surface area contributed by atoms with Gasteiger partial charge in [-0.05, 0) is 57.0 Å². The van der Waals surface area contributed by atoms with Crippen LogP contribution in [0.15, 0.2) is 30.3 Å². The Morgan fingerprint density at radius 1 is 1.15 bits per heavy atom. The Hall–Kier alpha value is -2.19. The number of benzene rings is 1. The highest BCUT2D eigenvalue weighted by atomic mass is 32.2. The normalized spacial score (nSPS) is 15.9. The van der Waals surface area contributed by atoms with Crippen molar-refractivity contribution < 1.29 is 17.6 Å². The first-order valence-electron chi connectivity index (χ1n) is 8.87. The van der Waals surface area contributed by atoms with Crippen molar-refractivity contribution in [2.45, 2.75) is 32.7 Å². The second-order valence-corrected chi connectivity index (χ2v) is 8.83. The highest BCUT2D eigenvalue weighted by molar-refractivity contribution is 7.88. The van der Waals surface area contributed by atoms with E-state index in [1.807, 2.05) is 24.5 Å². The summed E-state index contributed by atoms with van der Waals surface area (Å²) < 4.78 is 40.5. The van der Waals surface area contributed by atoms with Crippen LogP contribution in [0.5, 0.6) is 0 Å². The molecule has 1 N–H and O–H groups in total. The lowest BCUT2D eigenvalue weighted by Gasteiger charge is -2.32. The highest BCUT2D eigenvalue weighted by Gasteiger charge is 2.27. The molecular weight excluding hydrogens is 369 g/mol. The predicted octanol–water partition coefficient (Wildman–Crippen LogP) is 2.39. The number of aromatic nitrogens is 1. The van der Waals surface area contributed by atoms with E-state index in [0.29, 0.717) is 31.5 Å². The predicted molar refractivity (Wildman–Crippen MR) is 102 cm³/mol. The van der Waals surface area contributed by atoms with Gasteiger partial charge >= 0.3 is 0 Å². The molecule has 0 atom stereocenters. The fourth-order valence-electron chi connectivity index (χ4n) is 3.64. The summed E-state index contributed by atoms with van der Waals surface area (Å²) in [6.07, 6.45) is 2.33. The van der Waals surface area contributed by atoms with E-state index < -0.39 is 10.0 Å². The molecular formula is C19H24FN3O3S. The molecule has 146 valence electrons. The van der Waals surface area contributed by atoms with Crippen molar-refractivity contribution in [1.82, 2.24) is 14.2 Å². The molecule has 0 aliphatic carbocycles. The third-order valence-corrected chi connectivity index (χ3v) is 5.67. The summed E-state index contributed by atoms with van der Waals surface area (Å²) in [7, 11) is -3.24. The van der Waals surface area contributed by atoms with E-state index in [4.69, 9.17) is 0 Å². The van der Waals surface area contributed by atoms with Crippen LogP contribution in [0.4, 0.5) is 4.39 Å². The van der Waals surface area contributed by atoms with Crippen molar-refractivity contribution in [1.29, 1.82) is 0 Å². The second kappa shape index (κ2) is 7.44. The minimum Gasteiger partial charge on any atom is -0.338 e. The molecule has 0 saturated carbocycles. The van der Waals surface area contributed by atoms with Crippen molar-refractivity contribution in [3.8, 4) is 5.69 Å². The molecule has 1 aromatic carbocycles. The van der Waals surface area contributed by atoms with Gasteiger partial charge in [0, 0.05) is 36.2 Å². The Balaban J connectivity index is 1.77. The molecule has 2 aromatic rings. The first-order valence-corrected chi connectivity index (χ1v) is 10.8. The molecule has 2 heterocycles. The molecule has 8 heteroatoms. The summed E-state index contributed by atoms with van der Waals surface area (Å²) in [5.41, 5.74) is 3.13. The zero-order valence-electron chi connectivity index (χ0n) is 15.7. The Bertz CT molecular complexity index is 943. The molecule has 1 aromatic heterocycles. The zero-order chi connectivity index (χ0) is 19.8. The van der Waals surface area contributed by atoms with Gasteiger partial charge in [-0.15, -0.1) is 0 Å². The van der Waals surface area contributed by atoms with Gasteiger partial charge in [0.1, 0.15) is 5.82 Å². The number of halogens is 1. The maximum absolute atomic E-state index is 13.2. The van der Waals surface area contributed by atoms with E-state index in [0.717, 1.165) is 23.3 Å². The average Bonchev–Trinajstić information content (AvgIpc) is 2.89. The van der Waals surface area contributed by atoms with Crippen molar-refractivity contribution in [2.24, 2.45) is 0 Å². The largest absolute Gasteiger partial charge is 0.338 e. The Morgan fingerprint density at radius 2 is 1.74 bits per heavy atom. The minimum absolute atomic E-state index is 0.0609. The molecule has 0 spiro atoms. The first-order chi connectivity index (χ1) is 12.7. The van der Waals surface area contributed by atoms with Gasteiger partial charge in [0.15, 0.2) is 0 Å². The van der Waals surface area contributed by atoms with Gasteiger partial charge in [0.25, 0.3) is 5.91 Å². The van der Waals surface area contributed by atoms with Crippen LogP contribution < -0.4 is 4.72 Å². The maximum Gasteiger partial charge on any atom is 0.255 e. The Kier molecular flexibility index (Phi) is 5.39. The van der Waals surface area contributed by atoms with Gasteiger partial charge in [-0.3, -0.25) is 4.79 Å². The summed E-state index contributed by atoms with van der Waals surface area (Å²) in [6, 6.07) is 7.89. The molecule has 0 radical (unpaired) electrons. The monoisotopic (exact) mass is 393 g/mol. The van der Waals surface area contributed by atoms with Gasteiger partial charge in [0.05, 0.1) is 11.8 Å². The van der Waals surface area contributed by atoms with E-state index in [2.05, 4.69) is 4.72 Å². The van der Waals surface area contributed by atoms with E-state index in [-0.39, 0.29) is 17.8 Å². The van der Waals surface area contributed by atoms with Crippen LogP contribution in [0, 0.1) is 19.7 Å². The van der Waals surface area contributed by atoms with Crippen molar-refractivity contribution in [3.05, 3.63) is 53.1 Å². The third kappa shape index (κ3) is 4.39. The Morgan fingerprint density at radius 3 is 2.30 bits per heavy atom. The number of hydrogen-bond donors (Lipinski definition) is 1. The number of rotatable bonds is 4. The fourth-order valence-corrected chi connectivity index (χ4v) is 4.48. The van der Waals surface area contributed by atoms with Crippen LogP contribution >= 0.6 is 0 Å². The number of piperidine rings is 1. The molecule has 1 aliphatic rings. The van der Waals surface area contributed by atoms with E-state index in [1.54, 1.807) is 17.0 Å². The molecule has 1 amide bonds. The lowest BCUT2D eigenvalue weighted by atomic mass is 10.0. The fraction of sp³-hybridized carbons (Fsp3) is 0.421. The second-order valence-electron chi connectivity index (χ2n) is 7.05. The zero-order valence-corrected chi connectivity index (χ0v) is 16.5. The number of likely N-dealkylation sites (tertiary alicyclic amines) is 1. The SMILES string of the molecule is Cc1cc(C(=O)N2CCC(NS(C)(=O)=O)CC2)c(C)n1-c1ccc(F)cc1. The van der Waals surface area contributed by atoms with Gasteiger partial charge in [-0.2, -0.15) is 0 Å². The topological polar surface area (TPSA) is 71.4 Å². The standard InChI is InChI=1S/C19H24FN3O3S/c1-13-12-18(14(2)23(13)17-6-4-15(20)5-7-17)19(24)22-10-8-16(9-11-22)21-27(3,25)26/h4-7,12,16,21H,8-11H2,1-3H3.